The number of hydrogen-bond acceptors (Lipinski definition) is 8. The van der Waals surface area contributed by atoms with Crippen LogP contribution in [0.25, 0.3) is 17.3 Å². The molecule has 0 unspecified atom stereocenters. The Bertz CT molecular complexity index is 1840. The molecule has 1 amide bonds. The van der Waals surface area contributed by atoms with Gasteiger partial charge in [0.15, 0.2) is 17.1 Å². The summed E-state index contributed by atoms with van der Waals surface area (Å²) in [5.41, 5.74) is 0.483. The van der Waals surface area contributed by atoms with Gasteiger partial charge in [0.1, 0.15) is 22.2 Å². The molecule has 40 heavy (non-hydrogen) atoms. The zero-order valence-electron chi connectivity index (χ0n) is 21.3. The summed E-state index contributed by atoms with van der Waals surface area (Å²) in [6.07, 6.45) is 1.58. The maximum atomic E-state index is 13.9. The number of hydrogen-bond donors (Lipinski definition) is 2. The lowest BCUT2D eigenvalue weighted by molar-refractivity contribution is -0.111. The lowest BCUT2D eigenvalue weighted by atomic mass is 10.2. The summed E-state index contributed by atoms with van der Waals surface area (Å²) in [5, 5.41) is 23.1. The van der Waals surface area contributed by atoms with Crippen molar-refractivity contribution in [1.82, 2.24) is 4.57 Å². The molecule has 204 valence electrons. The standard InChI is InChI=1S/C28H21Br2N3O6S/c1-37-16-8-9-22(38-2)21(13-16)33-27(36)24(12-15-10-19(30)25(34)23(11-15)39-3)40-28(33)17(14-31)26(35)32-20-7-5-4-6-18(20)29/h4-13,34H,1-3H3,(H,32,35). The first-order valence-electron chi connectivity index (χ1n) is 11.4. The van der Waals surface area contributed by atoms with Crippen molar-refractivity contribution in [2.75, 3.05) is 26.6 Å². The van der Waals surface area contributed by atoms with Crippen molar-refractivity contribution >= 4 is 66.4 Å². The van der Waals surface area contributed by atoms with Gasteiger partial charge in [-0.25, -0.2) is 0 Å². The molecule has 0 spiro atoms. The van der Waals surface area contributed by atoms with Gasteiger partial charge in [0, 0.05) is 10.5 Å². The van der Waals surface area contributed by atoms with Crippen molar-refractivity contribution in [2.45, 2.75) is 0 Å². The lowest BCUT2D eigenvalue weighted by Crippen LogP contribution is -2.32. The first kappa shape index (κ1) is 28.9. The smallest absolute Gasteiger partial charge is 0.273 e. The van der Waals surface area contributed by atoms with Crippen LogP contribution >= 0.6 is 43.2 Å². The van der Waals surface area contributed by atoms with Crippen molar-refractivity contribution in [2.24, 2.45) is 0 Å². The number of aromatic hydroxyl groups is 1. The van der Waals surface area contributed by atoms with Crippen LogP contribution in [0.3, 0.4) is 0 Å². The van der Waals surface area contributed by atoms with E-state index in [1.165, 1.54) is 25.9 Å². The largest absolute Gasteiger partial charge is 0.503 e. The fourth-order valence-corrected chi connectivity index (χ4v) is 5.71. The molecule has 0 radical (unpaired) electrons. The van der Waals surface area contributed by atoms with E-state index >= 15 is 0 Å². The number of anilines is 1. The zero-order valence-corrected chi connectivity index (χ0v) is 25.3. The number of halogens is 2. The third-order valence-electron chi connectivity index (χ3n) is 5.69. The Morgan fingerprint density at radius 3 is 2.40 bits per heavy atom. The van der Waals surface area contributed by atoms with Gasteiger partial charge in [-0.2, -0.15) is 5.26 Å². The molecule has 9 nitrogen and oxygen atoms in total. The molecule has 4 rings (SSSR count). The Hall–Kier alpha value is -4.05. The Morgan fingerprint density at radius 2 is 1.75 bits per heavy atom. The van der Waals surface area contributed by atoms with E-state index in [0.29, 0.717) is 31.7 Å². The van der Waals surface area contributed by atoms with Crippen LogP contribution in [0.4, 0.5) is 5.69 Å². The first-order valence-corrected chi connectivity index (χ1v) is 13.8. The van der Waals surface area contributed by atoms with Crippen LogP contribution in [0.15, 0.2) is 68.3 Å². The minimum absolute atomic E-state index is 0.0830. The molecule has 0 atom stereocenters. The average Bonchev–Trinajstić information content (AvgIpc) is 3.26. The quantitative estimate of drug-likeness (QED) is 0.297. The highest BCUT2D eigenvalue weighted by Crippen LogP contribution is 2.35. The van der Waals surface area contributed by atoms with Crippen molar-refractivity contribution in [3.05, 3.63) is 88.7 Å². The van der Waals surface area contributed by atoms with Gasteiger partial charge in [-0.3, -0.25) is 14.2 Å². The predicted molar refractivity (Wildman–Crippen MR) is 160 cm³/mol. The Morgan fingerprint density at radius 1 is 1.02 bits per heavy atom. The zero-order chi connectivity index (χ0) is 29.0. The van der Waals surface area contributed by atoms with E-state index in [9.17, 15) is 20.0 Å². The fourth-order valence-electron chi connectivity index (χ4n) is 3.77. The Kier molecular flexibility index (Phi) is 8.99. The topological polar surface area (TPSA) is 123 Å². The molecule has 0 saturated carbocycles. The van der Waals surface area contributed by atoms with Gasteiger partial charge in [-0.15, -0.1) is 11.3 Å². The second-order valence-electron chi connectivity index (χ2n) is 8.07. The second kappa shape index (κ2) is 12.4. The number of carbonyl (C=O) groups excluding carboxylic acids is 1. The first-order chi connectivity index (χ1) is 19.2. The molecule has 2 N–H and O–H groups in total. The number of methoxy groups -OCH3 is 3. The molecule has 0 saturated heterocycles. The number of nitriles is 1. The molecule has 0 aliphatic carbocycles. The third-order valence-corrected chi connectivity index (χ3v) is 8.08. The molecule has 0 fully saturated rings. The number of ether oxygens (including phenoxy) is 3. The van der Waals surface area contributed by atoms with Crippen LogP contribution in [0.2, 0.25) is 0 Å². The number of thiazole rings is 1. The summed E-state index contributed by atoms with van der Waals surface area (Å²) in [6.45, 7) is 0. The molecule has 12 heteroatoms. The van der Waals surface area contributed by atoms with Gasteiger partial charge in [-0.05, 0) is 79.9 Å². The van der Waals surface area contributed by atoms with E-state index in [1.54, 1.807) is 60.7 Å². The van der Waals surface area contributed by atoms with Crippen molar-refractivity contribution in [3.63, 3.8) is 0 Å². The molecule has 1 aromatic heterocycles. The van der Waals surface area contributed by atoms with Crippen LogP contribution in [0.1, 0.15) is 5.56 Å². The second-order valence-corrected chi connectivity index (χ2v) is 10.8. The summed E-state index contributed by atoms with van der Waals surface area (Å²) in [5.74, 6) is 0.171. The summed E-state index contributed by atoms with van der Waals surface area (Å²) in [7, 11) is 4.34. The number of phenols is 1. The monoisotopic (exact) mass is 685 g/mol. The highest BCUT2D eigenvalue weighted by molar-refractivity contribution is 9.11. The van der Waals surface area contributed by atoms with E-state index in [1.807, 2.05) is 6.07 Å². The fraction of sp³-hybridized carbons (Fsp3) is 0.107. The number of para-hydroxylation sites is 1. The van der Waals surface area contributed by atoms with Crippen LogP contribution in [-0.2, 0) is 4.79 Å². The molecule has 0 aliphatic rings. The normalized spacial score (nSPS) is 11.9. The van der Waals surface area contributed by atoms with Gasteiger partial charge in [0.25, 0.3) is 11.5 Å². The predicted octanol–water partition coefficient (Wildman–Crippen LogP) is 4.30. The summed E-state index contributed by atoms with van der Waals surface area (Å²) in [4.78, 5) is 27.3. The number of benzene rings is 3. The molecule has 1 heterocycles. The van der Waals surface area contributed by atoms with Gasteiger partial charge >= 0.3 is 0 Å². The Labute approximate surface area is 249 Å². The number of nitrogens with one attached hydrogen (secondary N) is 1. The number of carbonyl (C=O) groups is 1. The van der Waals surface area contributed by atoms with Gasteiger partial charge in [0.2, 0.25) is 0 Å². The van der Waals surface area contributed by atoms with Crippen LogP contribution in [-0.4, -0.2) is 36.9 Å². The van der Waals surface area contributed by atoms with E-state index in [2.05, 4.69) is 37.2 Å². The number of rotatable bonds is 7. The number of nitrogens with zero attached hydrogens (tertiary/aromatic N) is 2. The summed E-state index contributed by atoms with van der Waals surface area (Å²) >= 11 is 7.63. The molecule has 4 aromatic rings. The van der Waals surface area contributed by atoms with E-state index < -0.39 is 11.5 Å². The van der Waals surface area contributed by atoms with Crippen LogP contribution in [0, 0.1) is 11.3 Å². The van der Waals surface area contributed by atoms with Gasteiger partial charge in [0.05, 0.1) is 41.7 Å². The highest BCUT2D eigenvalue weighted by Gasteiger charge is 2.20. The number of phenolic OH excluding ortho intramolecular Hbond substituents is 1. The number of amides is 1. The average molecular weight is 687 g/mol. The van der Waals surface area contributed by atoms with Gasteiger partial charge < -0.3 is 24.6 Å². The van der Waals surface area contributed by atoms with E-state index in [-0.39, 0.29) is 32.0 Å². The minimum Gasteiger partial charge on any atom is -0.503 e. The lowest BCUT2D eigenvalue weighted by Gasteiger charge is -2.12. The molecule has 0 bridgehead atoms. The molecule has 0 aliphatic heterocycles. The van der Waals surface area contributed by atoms with Crippen LogP contribution in [0.5, 0.6) is 23.0 Å². The maximum Gasteiger partial charge on any atom is 0.273 e. The van der Waals surface area contributed by atoms with Crippen molar-refractivity contribution < 1.29 is 24.1 Å². The van der Waals surface area contributed by atoms with Crippen LogP contribution < -0.4 is 34.3 Å². The summed E-state index contributed by atoms with van der Waals surface area (Å²) < 4.78 is 18.6. The molecule has 3 aromatic carbocycles. The minimum atomic E-state index is -0.702. The number of aromatic nitrogens is 1. The SMILES string of the molecule is COc1ccc(OC)c(-n2c(=C(C#N)C(=O)Nc3ccccc3Br)sc(=Cc3cc(Br)c(O)c(OC)c3)c2=O)c1. The Balaban J connectivity index is 2.06. The third kappa shape index (κ3) is 5.77. The van der Waals surface area contributed by atoms with Crippen molar-refractivity contribution in [3.8, 4) is 34.8 Å². The molecular weight excluding hydrogens is 666 g/mol. The molecular formula is C28H21Br2N3O6S. The summed E-state index contributed by atoms with van der Waals surface area (Å²) in [6, 6.07) is 17.0. The van der Waals surface area contributed by atoms with Crippen molar-refractivity contribution in [1.29, 1.82) is 5.26 Å². The van der Waals surface area contributed by atoms with Gasteiger partial charge in [-0.1, -0.05) is 12.1 Å². The van der Waals surface area contributed by atoms with E-state index in [0.717, 1.165) is 11.3 Å². The maximum absolute atomic E-state index is 13.9. The highest BCUT2D eigenvalue weighted by atomic mass is 79.9. The van der Waals surface area contributed by atoms with E-state index in [4.69, 9.17) is 14.2 Å².